The number of hydrogen-bond acceptors (Lipinski definition) is 3. The van der Waals surface area contributed by atoms with Crippen molar-refractivity contribution in [2.75, 3.05) is 18.8 Å². The number of alkyl halides is 2. The van der Waals surface area contributed by atoms with Gasteiger partial charge in [0.25, 0.3) is 5.92 Å². The Kier molecular flexibility index (Phi) is 4.48. The molecule has 0 spiro atoms. The molecular formula is C18H20F2N2O. The van der Waals surface area contributed by atoms with Crippen molar-refractivity contribution in [2.24, 2.45) is 0 Å². The van der Waals surface area contributed by atoms with E-state index in [1.54, 1.807) is 17.0 Å². The molecule has 1 saturated heterocycles. The Morgan fingerprint density at radius 2 is 1.91 bits per heavy atom. The monoisotopic (exact) mass is 318 g/mol. The molecule has 0 bridgehead atoms. The Morgan fingerprint density at radius 1 is 1.13 bits per heavy atom. The summed E-state index contributed by atoms with van der Waals surface area (Å²) in [7, 11) is 0. The number of rotatable bonds is 5. The molecule has 0 unspecified atom stereocenters. The average molecular weight is 318 g/mol. The van der Waals surface area contributed by atoms with Crippen LogP contribution in [0.5, 0.6) is 5.75 Å². The molecule has 0 radical (unpaired) electrons. The number of hydrogen-bond donors (Lipinski definition) is 1. The zero-order chi connectivity index (χ0) is 16.3. The molecule has 2 aromatic rings. The van der Waals surface area contributed by atoms with Gasteiger partial charge in [-0.25, -0.2) is 8.78 Å². The highest BCUT2D eigenvalue weighted by molar-refractivity contribution is 5.48. The fourth-order valence-electron chi connectivity index (χ4n) is 2.78. The van der Waals surface area contributed by atoms with Gasteiger partial charge in [0, 0.05) is 30.8 Å². The maximum atomic E-state index is 13.3. The van der Waals surface area contributed by atoms with E-state index < -0.39 is 5.92 Å². The molecule has 1 aliphatic rings. The Labute approximate surface area is 134 Å². The lowest BCUT2D eigenvalue weighted by atomic mass is 10.1. The summed E-state index contributed by atoms with van der Waals surface area (Å²) in [6.45, 7) is 1.04. The second-order valence-corrected chi connectivity index (χ2v) is 5.96. The fourth-order valence-corrected chi connectivity index (χ4v) is 2.78. The third kappa shape index (κ3) is 4.20. The van der Waals surface area contributed by atoms with Crippen molar-refractivity contribution in [3.63, 3.8) is 0 Å². The lowest BCUT2D eigenvalue weighted by molar-refractivity contribution is 0.0114. The zero-order valence-electron chi connectivity index (χ0n) is 12.8. The molecule has 0 aromatic heterocycles. The van der Waals surface area contributed by atoms with Crippen LogP contribution in [0.1, 0.15) is 17.5 Å². The van der Waals surface area contributed by atoms with Gasteiger partial charge in [-0.1, -0.05) is 30.3 Å². The molecule has 0 saturated carbocycles. The van der Waals surface area contributed by atoms with Crippen LogP contribution in [0.2, 0.25) is 0 Å². The highest BCUT2D eigenvalue weighted by Gasteiger charge is 2.38. The first kappa shape index (κ1) is 15.7. The minimum atomic E-state index is -2.59. The van der Waals surface area contributed by atoms with Gasteiger partial charge < -0.3 is 10.5 Å². The zero-order valence-corrected chi connectivity index (χ0v) is 12.8. The van der Waals surface area contributed by atoms with Crippen molar-refractivity contribution in [2.45, 2.75) is 25.5 Å². The molecule has 0 aliphatic carbocycles. The molecule has 3 nitrogen and oxygen atoms in total. The molecule has 0 atom stereocenters. The first-order valence-electron chi connectivity index (χ1n) is 7.67. The summed E-state index contributed by atoms with van der Waals surface area (Å²) in [6.07, 6.45) is -0.0878. The largest absolute Gasteiger partial charge is 0.489 e. The van der Waals surface area contributed by atoms with Crippen LogP contribution in [0, 0.1) is 0 Å². The van der Waals surface area contributed by atoms with Gasteiger partial charge >= 0.3 is 0 Å². The van der Waals surface area contributed by atoms with Gasteiger partial charge in [-0.2, -0.15) is 0 Å². The standard InChI is InChI=1S/C18H20F2N2O/c19-18(20)8-9-22(13-18)11-15-10-16(21)6-7-17(15)23-12-14-4-2-1-3-5-14/h1-7,10H,8-9,11-13,21H2. The van der Waals surface area contributed by atoms with E-state index in [9.17, 15) is 8.78 Å². The van der Waals surface area contributed by atoms with Crippen molar-refractivity contribution in [1.29, 1.82) is 0 Å². The van der Waals surface area contributed by atoms with Crippen LogP contribution in [-0.2, 0) is 13.2 Å². The fraction of sp³-hybridized carbons (Fsp3) is 0.333. The summed E-state index contributed by atoms with van der Waals surface area (Å²) >= 11 is 0. The summed E-state index contributed by atoms with van der Waals surface area (Å²) in [5.41, 5.74) is 8.35. The molecule has 0 amide bonds. The van der Waals surface area contributed by atoms with Gasteiger partial charge in [0.1, 0.15) is 12.4 Å². The third-order valence-corrected chi connectivity index (χ3v) is 3.96. The first-order valence-corrected chi connectivity index (χ1v) is 7.67. The second kappa shape index (κ2) is 6.54. The first-order chi connectivity index (χ1) is 11.0. The topological polar surface area (TPSA) is 38.5 Å². The maximum absolute atomic E-state index is 13.3. The summed E-state index contributed by atoms with van der Waals surface area (Å²) < 4.78 is 32.6. The van der Waals surface area contributed by atoms with E-state index in [0.717, 1.165) is 11.1 Å². The van der Waals surface area contributed by atoms with E-state index in [1.165, 1.54) is 0 Å². The van der Waals surface area contributed by atoms with Crippen LogP contribution in [-0.4, -0.2) is 23.9 Å². The predicted octanol–water partition coefficient (Wildman–Crippen LogP) is 3.69. The maximum Gasteiger partial charge on any atom is 0.261 e. The molecule has 2 aromatic carbocycles. The number of halogens is 2. The smallest absolute Gasteiger partial charge is 0.261 e. The Morgan fingerprint density at radius 3 is 2.61 bits per heavy atom. The molecule has 122 valence electrons. The van der Waals surface area contributed by atoms with Gasteiger partial charge in [-0.3, -0.25) is 4.90 Å². The van der Waals surface area contributed by atoms with E-state index in [0.29, 0.717) is 31.1 Å². The molecule has 3 rings (SSSR count). The highest BCUT2D eigenvalue weighted by atomic mass is 19.3. The number of benzene rings is 2. The summed E-state index contributed by atoms with van der Waals surface area (Å²) in [5, 5.41) is 0. The Bertz CT molecular complexity index is 661. The highest BCUT2D eigenvalue weighted by Crippen LogP contribution is 2.30. The number of nitrogen functional groups attached to an aromatic ring is 1. The summed E-state index contributed by atoms with van der Waals surface area (Å²) in [5.74, 6) is -1.90. The SMILES string of the molecule is Nc1ccc(OCc2ccccc2)c(CN2CCC(F)(F)C2)c1. The van der Waals surface area contributed by atoms with Gasteiger partial charge in [-0.05, 0) is 23.8 Å². The van der Waals surface area contributed by atoms with Crippen LogP contribution >= 0.6 is 0 Å². The number of nitrogens with two attached hydrogens (primary N) is 1. The van der Waals surface area contributed by atoms with Gasteiger partial charge in [0.15, 0.2) is 0 Å². The van der Waals surface area contributed by atoms with E-state index >= 15 is 0 Å². The van der Waals surface area contributed by atoms with E-state index in [2.05, 4.69) is 0 Å². The quantitative estimate of drug-likeness (QED) is 0.855. The van der Waals surface area contributed by atoms with Crippen molar-refractivity contribution < 1.29 is 13.5 Å². The second-order valence-electron chi connectivity index (χ2n) is 5.96. The van der Waals surface area contributed by atoms with Crippen LogP contribution in [0.25, 0.3) is 0 Å². The van der Waals surface area contributed by atoms with Gasteiger partial charge in [0.05, 0.1) is 6.54 Å². The Balaban J connectivity index is 1.70. The molecule has 1 heterocycles. The Hall–Kier alpha value is -2.14. The van der Waals surface area contributed by atoms with Gasteiger partial charge in [-0.15, -0.1) is 0 Å². The van der Waals surface area contributed by atoms with Crippen LogP contribution in [0.4, 0.5) is 14.5 Å². The number of likely N-dealkylation sites (tertiary alicyclic amines) is 1. The lowest BCUT2D eigenvalue weighted by Crippen LogP contribution is -2.25. The van der Waals surface area contributed by atoms with Crippen LogP contribution in [0.15, 0.2) is 48.5 Å². The van der Waals surface area contributed by atoms with E-state index in [1.807, 2.05) is 36.4 Å². The van der Waals surface area contributed by atoms with E-state index in [4.69, 9.17) is 10.5 Å². The minimum Gasteiger partial charge on any atom is -0.489 e. The summed E-state index contributed by atoms with van der Waals surface area (Å²) in [4.78, 5) is 1.74. The lowest BCUT2D eigenvalue weighted by Gasteiger charge is -2.19. The van der Waals surface area contributed by atoms with Crippen molar-refractivity contribution in [3.8, 4) is 5.75 Å². The number of nitrogens with zero attached hydrogens (tertiary/aromatic N) is 1. The molecule has 1 fully saturated rings. The molecule has 5 heteroatoms. The minimum absolute atomic E-state index is 0.0878. The van der Waals surface area contributed by atoms with Gasteiger partial charge in [0.2, 0.25) is 0 Å². The third-order valence-electron chi connectivity index (χ3n) is 3.96. The van der Waals surface area contributed by atoms with Crippen molar-refractivity contribution in [3.05, 3.63) is 59.7 Å². The molecule has 2 N–H and O–H groups in total. The number of ether oxygens (including phenoxy) is 1. The molecular weight excluding hydrogens is 298 g/mol. The van der Waals surface area contributed by atoms with Crippen molar-refractivity contribution >= 4 is 5.69 Å². The average Bonchev–Trinajstić information content (AvgIpc) is 2.86. The normalized spacial score (nSPS) is 17.3. The predicted molar refractivity (Wildman–Crippen MR) is 86.5 cm³/mol. The summed E-state index contributed by atoms with van der Waals surface area (Å²) in [6, 6.07) is 15.2. The van der Waals surface area contributed by atoms with E-state index in [-0.39, 0.29) is 13.0 Å². The molecule has 1 aliphatic heterocycles. The van der Waals surface area contributed by atoms with Crippen LogP contribution < -0.4 is 10.5 Å². The van der Waals surface area contributed by atoms with Crippen LogP contribution in [0.3, 0.4) is 0 Å². The van der Waals surface area contributed by atoms with Crippen molar-refractivity contribution in [1.82, 2.24) is 4.90 Å². The molecule has 23 heavy (non-hydrogen) atoms. The number of anilines is 1.